The Bertz CT molecular complexity index is 188. The van der Waals surface area contributed by atoms with Gasteiger partial charge in [0.25, 0.3) is 0 Å². The number of hydrogen-bond acceptors (Lipinski definition) is 3. The van der Waals surface area contributed by atoms with Gasteiger partial charge in [0.05, 0.1) is 18.2 Å². The highest BCUT2D eigenvalue weighted by Gasteiger charge is 2.19. The summed E-state index contributed by atoms with van der Waals surface area (Å²) in [6.07, 6.45) is 3.73. The van der Waals surface area contributed by atoms with Crippen molar-refractivity contribution in [1.29, 1.82) is 5.26 Å². The fourth-order valence-electron chi connectivity index (χ4n) is 1.79. The van der Waals surface area contributed by atoms with E-state index in [1.165, 1.54) is 0 Å². The van der Waals surface area contributed by atoms with Crippen LogP contribution in [0.2, 0.25) is 0 Å². The fraction of sp³-hybridized carbons (Fsp3) is 0.900. The van der Waals surface area contributed by atoms with Gasteiger partial charge in [-0.25, -0.2) is 0 Å². The van der Waals surface area contributed by atoms with Crippen LogP contribution in [0.5, 0.6) is 0 Å². The molecule has 1 aliphatic rings. The third-order valence-electron chi connectivity index (χ3n) is 2.78. The second-order valence-electron chi connectivity index (χ2n) is 3.63. The maximum absolute atomic E-state index is 8.78. The molecule has 0 amide bonds. The Kier molecular flexibility index (Phi) is 4.20. The van der Waals surface area contributed by atoms with Crippen LogP contribution in [-0.2, 0) is 4.74 Å². The average Bonchev–Trinajstić information content (AvgIpc) is 2.41. The molecule has 0 radical (unpaired) electrons. The average molecular weight is 182 g/mol. The molecule has 3 heteroatoms. The van der Waals surface area contributed by atoms with Crippen molar-refractivity contribution in [2.24, 2.45) is 0 Å². The summed E-state index contributed by atoms with van der Waals surface area (Å²) in [6, 6.07) is 2.33. The van der Waals surface area contributed by atoms with Crippen LogP contribution in [0.15, 0.2) is 0 Å². The van der Waals surface area contributed by atoms with Crippen molar-refractivity contribution < 1.29 is 4.74 Å². The van der Waals surface area contributed by atoms with Gasteiger partial charge >= 0.3 is 0 Å². The molecule has 0 bridgehead atoms. The van der Waals surface area contributed by atoms with Crippen LogP contribution in [0.3, 0.4) is 0 Å². The normalized spacial score (nSPS) is 27.6. The SMILES string of the molecule is COC1CCCN(C(C)C#N)CC1. The van der Waals surface area contributed by atoms with Crippen LogP contribution in [0, 0.1) is 11.3 Å². The van der Waals surface area contributed by atoms with E-state index < -0.39 is 0 Å². The molecule has 0 aliphatic carbocycles. The van der Waals surface area contributed by atoms with Gasteiger partial charge in [-0.05, 0) is 32.7 Å². The number of likely N-dealkylation sites (tertiary alicyclic amines) is 1. The van der Waals surface area contributed by atoms with Crippen molar-refractivity contribution in [3.05, 3.63) is 0 Å². The van der Waals surface area contributed by atoms with Crippen molar-refractivity contribution in [3.63, 3.8) is 0 Å². The molecule has 2 unspecified atom stereocenters. The summed E-state index contributed by atoms with van der Waals surface area (Å²) in [5.41, 5.74) is 0. The Labute approximate surface area is 80.3 Å². The zero-order chi connectivity index (χ0) is 9.68. The molecule has 0 aromatic heterocycles. The van der Waals surface area contributed by atoms with E-state index in [4.69, 9.17) is 10.00 Å². The number of ether oxygens (including phenoxy) is 1. The molecule has 1 saturated heterocycles. The van der Waals surface area contributed by atoms with Gasteiger partial charge in [-0.1, -0.05) is 0 Å². The first-order valence-electron chi connectivity index (χ1n) is 4.94. The molecular formula is C10H18N2O. The van der Waals surface area contributed by atoms with E-state index in [1.54, 1.807) is 7.11 Å². The van der Waals surface area contributed by atoms with E-state index in [9.17, 15) is 0 Å². The number of rotatable bonds is 2. The van der Waals surface area contributed by atoms with Crippen LogP contribution in [0.25, 0.3) is 0 Å². The maximum atomic E-state index is 8.78. The van der Waals surface area contributed by atoms with Crippen LogP contribution >= 0.6 is 0 Å². The number of hydrogen-bond donors (Lipinski definition) is 0. The van der Waals surface area contributed by atoms with Crippen LogP contribution in [0.1, 0.15) is 26.2 Å². The van der Waals surface area contributed by atoms with Gasteiger partial charge in [-0.3, -0.25) is 4.90 Å². The minimum absolute atomic E-state index is 0.0515. The van der Waals surface area contributed by atoms with E-state index in [2.05, 4.69) is 11.0 Å². The second-order valence-corrected chi connectivity index (χ2v) is 3.63. The molecule has 0 saturated carbocycles. The summed E-state index contributed by atoms with van der Waals surface area (Å²) in [5.74, 6) is 0. The van der Waals surface area contributed by atoms with Crippen molar-refractivity contribution >= 4 is 0 Å². The van der Waals surface area contributed by atoms with Crippen LogP contribution < -0.4 is 0 Å². The summed E-state index contributed by atoms with van der Waals surface area (Å²) < 4.78 is 5.32. The molecule has 0 aromatic rings. The molecular weight excluding hydrogens is 164 g/mol. The topological polar surface area (TPSA) is 36.3 Å². The molecule has 0 N–H and O–H groups in total. The molecule has 13 heavy (non-hydrogen) atoms. The van der Waals surface area contributed by atoms with Gasteiger partial charge < -0.3 is 4.74 Å². The quantitative estimate of drug-likeness (QED) is 0.647. The van der Waals surface area contributed by atoms with E-state index in [0.29, 0.717) is 6.10 Å². The highest BCUT2D eigenvalue weighted by Crippen LogP contribution is 2.14. The summed E-state index contributed by atoms with van der Waals surface area (Å²) in [4.78, 5) is 2.24. The summed E-state index contributed by atoms with van der Waals surface area (Å²) >= 11 is 0. The zero-order valence-electron chi connectivity index (χ0n) is 8.49. The van der Waals surface area contributed by atoms with Gasteiger partial charge in [0, 0.05) is 13.7 Å². The lowest BCUT2D eigenvalue weighted by Crippen LogP contribution is -2.33. The smallest absolute Gasteiger partial charge is 0.0949 e. The van der Waals surface area contributed by atoms with Gasteiger partial charge in [0.1, 0.15) is 0 Å². The highest BCUT2D eigenvalue weighted by atomic mass is 16.5. The number of methoxy groups -OCH3 is 1. The third-order valence-corrected chi connectivity index (χ3v) is 2.78. The largest absolute Gasteiger partial charge is 0.381 e. The molecule has 0 spiro atoms. The molecule has 1 rings (SSSR count). The van der Waals surface area contributed by atoms with Crippen molar-refractivity contribution in [3.8, 4) is 6.07 Å². The van der Waals surface area contributed by atoms with Gasteiger partial charge in [-0.15, -0.1) is 0 Å². The van der Waals surface area contributed by atoms with Crippen molar-refractivity contribution in [2.45, 2.75) is 38.3 Å². The molecule has 74 valence electrons. The third kappa shape index (κ3) is 2.98. The Hall–Kier alpha value is -0.590. The maximum Gasteiger partial charge on any atom is 0.0949 e. The first-order chi connectivity index (χ1) is 6.27. The molecule has 2 atom stereocenters. The van der Waals surface area contributed by atoms with Crippen molar-refractivity contribution in [2.75, 3.05) is 20.2 Å². The lowest BCUT2D eigenvalue weighted by atomic mass is 10.2. The predicted molar refractivity (Wildman–Crippen MR) is 51.3 cm³/mol. The van der Waals surface area contributed by atoms with E-state index in [0.717, 1.165) is 32.4 Å². The Balaban J connectivity index is 2.41. The molecule has 1 aliphatic heterocycles. The van der Waals surface area contributed by atoms with E-state index >= 15 is 0 Å². The first kappa shape index (κ1) is 10.5. The molecule has 1 heterocycles. The molecule has 1 fully saturated rings. The second kappa shape index (κ2) is 5.21. The molecule has 3 nitrogen and oxygen atoms in total. The number of nitrogens with zero attached hydrogens (tertiary/aromatic N) is 2. The minimum atomic E-state index is 0.0515. The lowest BCUT2D eigenvalue weighted by Gasteiger charge is -2.21. The van der Waals surface area contributed by atoms with Gasteiger partial charge in [0.15, 0.2) is 0 Å². The van der Waals surface area contributed by atoms with Crippen molar-refractivity contribution in [1.82, 2.24) is 4.90 Å². The Morgan fingerprint density at radius 1 is 1.46 bits per heavy atom. The number of nitriles is 1. The summed E-state index contributed by atoms with van der Waals surface area (Å²) in [7, 11) is 1.77. The van der Waals surface area contributed by atoms with Gasteiger partial charge in [-0.2, -0.15) is 5.26 Å². The fourth-order valence-corrected chi connectivity index (χ4v) is 1.79. The van der Waals surface area contributed by atoms with Gasteiger partial charge in [0.2, 0.25) is 0 Å². The standard InChI is InChI=1S/C10H18N2O/c1-9(8-11)12-6-3-4-10(13-2)5-7-12/h9-10H,3-7H2,1-2H3. The lowest BCUT2D eigenvalue weighted by molar-refractivity contribution is 0.0891. The summed E-state index contributed by atoms with van der Waals surface area (Å²) in [6.45, 7) is 3.99. The minimum Gasteiger partial charge on any atom is -0.381 e. The zero-order valence-corrected chi connectivity index (χ0v) is 8.49. The van der Waals surface area contributed by atoms with Crippen LogP contribution in [0.4, 0.5) is 0 Å². The Morgan fingerprint density at radius 2 is 2.23 bits per heavy atom. The van der Waals surface area contributed by atoms with E-state index in [-0.39, 0.29) is 6.04 Å². The Morgan fingerprint density at radius 3 is 2.85 bits per heavy atom. The van der Waals surface area contributed by atoms with Crippen LogP contribution in [-0.4, -0.2) is 37.2 Å². The highest BCUT2D eigenvalue weighted by molar-refractivity contribution is 4.89. The first-order valence-corrected chi connectivity index (χ1v) is 4.94. The molecule has 0 aromatic carbocycles. The van der Waals surface area contributed by atoms with E-state index in [1.807, 2.05) is 6.92 Å². The monoisotopic (exact) mass is 182 g/mol. The predicted octanol–water partition coefficient (Wildman–Crippen LogP) is 1.40. The summed E-state index contributed by atoms with van der Waals surface area (Å²) in [5, 5.41) is 8.78.